The van der Waals surface area contributed by atoms with Crippen LogP contribution in [0.2, 0.25) is 0 Å². The van der Waals surface area contributed by atoms with Crippen LogP contribution in [0.15, 0.2) is 18.2 Å². The van der Waals surface area contributed by atoms with Crippen LogP contribution in [0.4, 0.5) is 11.4 Å². The van der Waals surface area contributed by atoms with Crippen LogP contribution in [-0.2, 0) is 14.3 Å². The summed E-state index contributed by atoms with van der Waals surface area (Å²) in [6.07, 6.45) is 0. The predicted molar refractivity (Wildman–Crippen MR) is 113 cm³/mol. The Morgan fingerprint density at radius 1 is 1.17 bits per heavy atom. The number of rotatable bonds is 9. The van der Waals surface area contributed by atoms with Crippen molar-refractivity contribution < 1.29 is 24.0 Å². The molecule has 2 rings (SSSR count). The Hall–Kier alpha value is -2.68. The van der Waals surface area contributed by atoms with Crippen LogP contribution >= 0.6 is 0 Å². The van der Waals surface area contributed by atoms with E-state index >= 15 is 0 Å². The molecule has 0 saturated carbocycles. The van der Waals surface area contributed by atoms with Crippen LogP contribution in [0.25, 0.3) is 0 Å². The topological polar surface area (TPSA) is 102 Å². The second kappa shape index (κ2) is 10.9. The minimum absolute atomic E-state index is 0.0816. The number of nitro benzene ring substituents is 1. The van der Waals surface area contributed by atoms with Gasteiger partial charge in [0, 0.05) is 38.3 Å². The lowest BCUT2D eigenvalue weighted by Crippen LogP contribution is -2.40. The number of hydrogen-bond donors (Lipinski definition) is 0. The Kier molecular flexibility index (Phi) is 8.58. The molecule has 1 aromatic carbocycles. The van der Waals surface area contributed by atoms with Crippen molar-refractivity contribution in [3.05, 3.63) is 33.9 Å². The van der Waals surface area contributed by atoms with E-state index in [0.29, 0.717) is 45.1 Å². The summed E-state index contributed by atoms with van der Waals surface area (Å²) in [5, 5.41) is 11.2. The van der Waals surface area contributed by atoms with E-state index in [1.54, 1.807) is 11.0 Å². The number of carbonyl (C=O) groups excluding carboxylic acids is 2. The van der Waals surface area contributed by atoms with E-state index in [1.807, 2.05) is 32.6 Å². The monoisotopic (exact) mass is 421 g/mol. The maximum atomic E-state index is 12.8. The molecule has 0 atom stereocenters. The highest BCUT2D eigenvalue weighted by molar-refractivity contribution is 5.97. The molecule has 1 saturated heterocycles. The zero-order valence-electron chi connectivity index (χ0n) is 18.1. The smallest absolute Gasteiger partial charge is 0.341 e. The van der Waals surface area contributed by atoms with E-state index < -0.39 is 17.5 Å². The Balaban J connectivity index is 2.16. The van der Waals surface area contributed by atoms with Crippen LogP contribution in [-0.4, -0.2) is 67.7 Å². The van der Waals surface area contributed by atoms with E-state index in [4.69, 9.17) is 9.47 Å². The van der Waals surface area contributed by atoms with Gasteiger partial charge in [0.15, 0.2) is 6.61 Å². The number of esters is 1. The van der Waals surface area contributed by atoms with Crippen LogP contribution in [0.5, 0.6) is 0 Å². The van der Waals surface area contributed by atoms with Gasteiger partial charge in [0.1, 0.15) is 0 Å². The van der Waals surface area contributed by atoms with Gasteiger partial charge < -0.3 is 19.3 Å². The number of amides is 1. The van der Waals surface area contributed by atoms with Crippen LogP contribution in [0, 0.1) is 22.0 Å². The van der Waals surface area contributed by atoms with Crippen LogP contribution < -0.4 is 4.90 Å². The SMILES string of the molecule is CC(C)CN(CC(C)C)C(=O)COC(=O)c1cc([N+](=O)[O-])ccc1N1CCOCC1. The molecule has 9 nitrogen and oxygen atoms in total. The highest BCUT2D eigenvalue weighted by Gasteiger charge is 2.24. The number of morpholine rings is 1. The fourth-order valence-electron chi connectivity index (χ4n) is 3.34. The number of non-ortho nitro benzene ring substituents is 1. The lowest BCUT2D eigenvalue weighted by Gasteiger charge is -2.30. The Labute approximate surface area is 177 Å². The van der Waals surface area contributed by atoms with E-state index in [1.165, 1.54) is 12.1 Å². The first-order chi connectivity index (χ1) is 14.2. The molecule has 0 bridgehead atoms. The summed E-state index contributed by atoms with van der Waals surface area (Å²) in [4.78, 5) is 39.7. The average Bonchev–Trinajstić information content (AvgIpc) is 2.70. The lowest BCUT2D eigenvalue weighted by atomic mass is 10.1. The molecule has 0 spiro atoms. The lowest BCUT2D eigenvalue weighted by molar-refractivity contribution is -0.384. The van der Waals surface area contributed by atoms with Crippen molar-refractivity contribution in [1.82, 2.24) is 4.90 Å². The van der Waals surface area contributed by atoms with Gasteiger partial charge >= 0.3 is 5.97 Å². The Morgan fingerprint density at radius 3 is 2.30 bits per heavy atom. The molecule has 0 radical (unpaired) electrons. The van der Waals surface area contributed by atoms with Crippen molar-refractivity contribution in [3.63, 3.8) is 0 Å². The molecule has 0 aromatic heterocycles. The third-order valence-electron chi connectivity index (χ3n) is 4.61. The molecule has 1 fully saturated rings. The molecule has 166 valence electrons. The predicted octanol–water partition coefficient (Wildman–Crippen LogP) is 2.73. The molecule has 1 heterocycles. The summed E-state index contributed by atoms with van der Waals surface area (Å²) in [5.41, 5.74) is 0.423. The third-order valence-corrected chi connectivity index (χ3v) is 4.61. The number of nitro groups is 1. The number of benzene rings is 1. The maximum absolute atomic E-state index is 12.8. The summed E-state index contributed by atoms with van der Waals surface area (Å²) in [6.45, 7) is 11.0. The van der Waals surface area contributed by atoms with Gasteiger partial charge in [-0.25, -0.2) is 4.79 Å². The fraction of sp³-hybridized carbons (Fsp3) is 0.619. The van der Waals surface area contributed by atoms with Crippen molar-refractivity contribution in [1.29, 1.82) is 0 Å². The molecule has 1 aliphatic heterocycles. The van der Waals surface area contributed by atoms with Crippen molar-refractivity contribution in [2.75, 3.05) is 50.9 Å². The van der Waals surface area contributed by atoms with Crippen molar-refractivity contribution in [2.45, 2.75) is 27.7 Å². The number of nitrogens with zero attached hydrogens (tertiary/aromatic N) is 3. The summed E-state index contributed by atoms with van der Waals surface area (Å²) in [7, 11) is 0. The molecule has 0 aliphatic carbocycles. The van der Waals surface area contributed by atoms with Gasteiger partial charge in [0.25, 0.3) is 11.6 Å². The van der Waals surface area contributed by atoms with Crippen molar-refractivity contribution in [3.8, 4) is 0 Å². The number of anilines is 1. The summed E-state index contributed by atoms with van der Waals surface area (Å²) in [6, 6.07) is 4.11. The van der Waals surface area contributed by atoms with E-state index in [2.05, 4.69) is 0 Å². The standard InChI is InChI=1S/C21H31N3O6/c1-15(2)12-23(13-16(3)4)20(25)14-30-21(26)18-11-17(24(27)28)5-6-19(18)22-7-9-29-10-8-22/h5-6,11,15-16H,7-10,12-14H2,1-4H3. The normalized spacial score (nSPS) is 14.1. The zero-order chi connectivity index (χ0) is 22.3. The fourth-order valence-corrected chi connectivity index (χ4v) is 3.34. The first-order valence-electron chi connectivity index (χ1n) is 10.2. The Bertz CT molecular complexity index is 749. The first-order valence-corrected chi connectivity index (χ1v) is 10.2. The maximum Gasteiger partial charge on any atom is 0.341 e. The molecular weight excluding hydrogens is 390 g/mol. The molecular formula is C21H31N3O6. The molecule has 1 aromatic rings. The van der Waals surface area contributed by atoms with Gasteiger partial charge in [-0.15, -0.1) is 0 Å². The number of ether oxygens (including phenoxy) is 2. The van der Waals surface area contributed by atoms with Gasteiger partial charge in [-0.3, -0.25) is 14.9 Å². The highest BCUT2D eigenvalue weighted by Crippen LogP contribution is 2.27. The molecule has 0 N–H and O–H groups in total. The molecule has 1 aliphatic rings. The number of carbonyl (C=O) groups is 2. The summed E-state index contributed by atoms with van der Waals surface area (Å²) in [5.74, 6) is -0.451. The van der Waals surface area contributed by atoms with E-state index in [9.17, 15) is 19.7 Å². The minimum Gasteiger partial charge on any atom is -0.452 e. The summed E-state index contributed by atoms with van der Waals surface area (Å²) < 4.78 is 10.6. The number of hydrogen-bond acceptors (Lipinski definition) is 7. The van der Waals surface area contributed by atoms with Crippen LogP contribution in [0.3, 0.4) is 0 Å². The van der Waals surface area contributed by atoms with Gasteiger partial charge in [0.05, 0.1) is 29.4 Å². The molecule has 9 heteroatoms. The quantitative estimate of drug-likeness (QED) is 0.343. The summed E-state index contributed by atoms with van der Waals surface area (Å²) >= 11 is 0. The Morgan fingerprint density at radius 2 is 1.77 bits per heavy atom. The third kappa shape index (κ3) is 6.69. The van der Waals surface area contributed by atoms with Gasteiger partial charge in [-0.1, -0.05) is 27.7 Å². The molecule has 1 amide bonds. The van der Waals surface area contributed by atoms with Crippen LogP contribution in [0.1, 0.15) is 38.1 Å². The average molecular weight is 421 g/mol. The minimum atomic E-state index is -0.748. The first kappa shape index (κ1) is 23.6. The molecule has 0 unspecified atom stereocenters. The second-order valence-corrected chi connectivity index (χ2v) is 8.22. The van der Waals surface area contributed by atoms with E-state index in [-0.39, 0.29) is 29.0 Å². The van der Waals surface area contributed by atoms with Gasteiger partial charge in [0.2, 0.25) is 0 Å². The van der Waals surface area contributed by atoms with Crippen molar-refractivity contribution in [2.24, 2.45) is 11.8 Å². The van der Waals surface area contributed by atoms with E-state index in [0.717, 1.165) is 0 Å². The largest absolute Gasteiger partial charge is 0.452 e. The zero-order valence-corrected chi connectivity index (χ0v) is 18.1. The van der Waals surface area contributed by atoms with Gasteiger partial charge in [-0.2, -0.15) is 0 Å². The molecule has 30 heavy (non-hydrogen) atoms. The highest BCUT2D eigenvalue weighted by atomic mass is 16.6. The second-order valence-electron chi connectivity index (χ2n) is 8.22. The van der Waals surface area contributed by atoms with Crippen molar-refractivity contribution >= 4 is 23.3 Å². The van der Waals surface area contributed by atoms with Gasteiger partial charge in [-0.05, 0) is 17.9 Å².